The standard InChI is InChI=1S/2C7H6Cl2O2.4C7H4Cl2O2.2Dy.8H2O/c6*8-4-2-1-3-5(9)6(4)7(10)11;;;;;;;;;;/h2*1-3,7,10-11H;4*1-3H,(H,10,11);;;8*1H2. The van der Waals surface area contributed by atoms with Crippen LogP contribution in [-0.4, -0.2) is 109 Å². The van der Waals surface area contributed by atoms with Crippen LogP contribution in [0.15, 0.2) is 109 Å². The van der Waals surface area contributed by atoms with Crippen LogP contribution in [0.4, 0.5) is 0 Å². The van der Waals surface area contributed by atoms with Crippen LogP contribution in [0.2, 0.25) is 60.3 Å². The number of benzene rings is 6. The molecule has 0 radical (unpaired) electrons. The Morgan fingerprint density at radius 2 is 0.368 bits per heavy atom. The van der Waals surface area contributed by atoms with E-state index >= 15 is 0 Å². The second-order valence-electron chi connectivity index (χ2n) is 11.6. The van der Waals surface area contributed by atoms with Crippen LogP contribution in [0.3, 0.4) is 0 Å². The van der Waals surface area contributed by atoms with Crippen molar-refractivity contribution >= 4 is 163 Å². The molecule has 0 atom stereocenters. The minimum atomic E-state index is -1.61. The Labute approximate surface area is 551 Å². The summed E-state index contributed by atoms with van der Waals surface area (Å²) in [7, 11) is 0. The molecule has 6 aromatic carbocycles. The molecule has 0 aliphatic heterocycles. The van der Waals surface area contributed by atoms with Crippen molar-refractivity contribution in [3.63, 3.8) is 0 Å². The molecule has 0 spiro atoms. The van der Waals surface area contributed by atoms with E-state index in [9.17, 15) is 19.2 Å². The molecule has 0 fully saturated rings. The van der Waals surface area contributed by atoms with E-state index < -0.39 is 36.5 Å². The molecule has 0 saturated heterocycles. The van der Waals surface area contributed by atoms with E-state index in [1.807, 2.05) is 0 Å². The Bertz CT molecular complexity index is 2240. The van der Waals surface area contributed by atoms with Crippen LogP contribution < -0.4 is 0 Å². The Balaban J connectivity index is -0.0000000838. The predicted octanol–water partition coefficient (Wildman–Crippen LogP) is 8.12. The van der Waals surface area contributed by atoms with Gasteiger partial charge in [0, 0.05) is 87.5 Å². The summed E-state index contributed by atoms with van der Waals surface area (Å²) in [5.41, 5.74) is 0.116. The fourth-order valence-electron chi connectivity index (χ4n) is 4.32. The number of aliphatic hydroxyl groups is 4. The molecule has 0 amide bonds. The quantitative estimate of drug-likeness (QED) is 0.0733. The predicted molar refractivity (Wildman–Crippen MR) is 290 cm³/mol. The summed E-state index contributed by atoms with van der Waals surface area (Å²) in [6.45, 7) is 0. The van der Waals surface area contributed by atoms with Gasteiger partial charge in [0.2, 0.25) is 0 Å². The maximum Gasteiger partial charge on any atom is 0.338 e. The summed E-state index contributed by atoms with van der Waals surface area (Å²) in [5.74, 6) is -4.44. The van der Waals surface area contributed by atoms with E-state index in [1.165, 1.54) is 48.5 Å². The van der Waals surface area contributed by atoms with Crippen LogP contribution >= 0.6 is 139 Å². The van der Waals surface area contributed by atoms with Gasteiger partial charge in [0.25, 0.3) is 0 Å². The molecule has 0 heterocycles. The summed E-state index contributed by atoms with van der Waals surface area (Å²) in [6, 6.07) is 27.7. The fourth-order valence-corrected chi connectivity index (χ4v) is 7.74. The van der Waals surface area contributed by atoms with Crippen molar-refractivity contribution < 1.29 is 180 Å². The van der Waals surface area contributed by atoms with Gasteiger partial charge in [0.15, 0.2) is 12.6 Å². The van der Waals surface area contributed by atoms with E-state index in [0.717, 1.165) is 0 Å². The van der Waals surface area contributed by atoms with Crippen LogP contribution in [0.5, 0.6) is 0 Å². The van der Waals surface area contributed by atoms with Crippen LogP contribution in [-0.2, 0) is 0 Å². The molecule has 76 heavy (non-hydrogen) atoms. The van der Waals surface area contributed by atoms with E-state index in [4.69, 9.17) is 180 Å². The fraction of sp³-hybridized carbons (Fsp3) is 0.0476. The number of hydrogen-bond acceptors (Lipinski definition) is 8. The molecule has 0 unspecified atom stereocenters. The van der Waals surface area contributed by atoms with Gasteiger partial charge in [0.05, 0.1) is 82.5 Å². The SMILES string of the molecule is O.O.O.O.O.O.O.O.O=C(O)c1c(Cl)cccc1Cl.O=C(O)c1c(Cl)cccc1Cl.O=C(O)c1c(Cl)cccc1Cl.O=C(O)c1c(Cl)cccc1Cl.OC(O)c1c(Cl)cccc1Cl.OC(O)c1c(Cl)cccc1Cl.[Dy].[Dy]. The summed E-state index contributed by atoms with van der Waals surface area (Å²) >= 11 is 67.0. The first-order valence-corrected chi connectivity index (χ1v) is 21.6. The van der Waals surface area contributed by atoms with E-state index in [0.29, 0.717) is 0 Å². The van der Waals surface area contributed by atoms with Gasteiger partial charge in [-0.1, -0.05) is 176 Å². The van der Waals surface area contributed by atoms with Crippen molar-refractivity contribution in [2.75, 3.05) is 0 Å². The molecule has 0 bridgehead atoms. The average Bonchev–Trinajstić information content (AvgIpc) is 3.18. The van der Waals surface area contributed by atoms with Crippen LogP contribution in [0.25, 0.3) is 0 Å². The second-order valence-corrected chi connectivity index (χ2v) is 16.5. The second kappa shape index (κ2) is 49.6. The van der Waals surface area contributed by atoms with Crippen molar-refractivity contribution in [2.24, 2.45) is 0 Å². The number of halogens is 12. The number of aromatic carboxylic acids is 4. The van der Waals surface area contributed by atoms with Gasteiger partial charge in [-0.15, -0.1) is 0 Å². The molecular weight excluding hydrogens is 1570 g/mol. The van der Waals surface area contributed by atoms with Crippen molar-refractivity contribution in [1.82, 2.24) is 0 Å². The zero-order chi connectivity index (χ0) is 50.6. The van der Waals surface area contributed by atoms with Gasteiger partial charge < -0.3 is 84.7 Å². The summed E-state index contributed by atoms with van der Waals surface area (Å²) < 4.78 is 0. The largest absolute Gasteiger partial charge is 0.478 e. The molecule has 0 aliphatic carbocycles. The number of hydrogen-bond donors (Lipinski definition) is 8. The minimum Gasteiger partial charge on any atom is -0.478 e. The molecule has 6 rings (SSSR count). The monoisotopic (exact) mass is 1620 g/mol. The van der Waals surface area contributed by atoms with Gasteiger partial charge in [-0.05, 0) is 72.8 Å². The smallest absolute Gasteiger partial charge is 0.338 e. The third-order valence-electron chi connectivity index (χ3n) is 7.22. The maximum absolute atomic E-state index is 10.5. The molecule has 34 heteroatoms. The van der Waals surface area contributed by atoms with Gasteiger partial charge in [-0.25, -0.2) is 19.2 Å². The average molecular weight is 1620 g/mol. The first-order chi connectivity index (χ1) is 30.8. The van der Waals surface area contributed by atoms with Crippen LogP contribution in [0, 0.1) is 76.3 Å². The minimum absolute atomic E-state index is 0. The van der Waals surface area contributed by atoms with Crippen molar-refractivity contribution in [1.29, 1.82) is 0 Å². The van der Waals surface area contributed by atoms with Gasteiger partial charge in [0.1, 0.15) is 0 Å². The van der Waals surface area contributed by atoms with E-state index in [-0.39, 0.29) is 214 Å². The Hall–Kier alpha value is -1.25. The van der Waals surface area contributed by atoms with Crippen molar-refractivity contribution in [2.45, 2.75) is 12.6 Å². The Morgan fingerprint density at radius 3 is 0.434 bits per heavy atom. The van der Waals surface area contributed by atoms with Gasteiger partial charge in [-0.2, -0.15) is 0 Å². The van der Waals surface area contributed by atoms with E-state index in [1.54, 1.807) is 60.7 Å². The first-order valence-electron chi connectivity index (χ1n) is 17.1. The molecule has 436 valence electrons. The molecule has 6 aromatic rings. The molecule has 20 nitrogen and oxygen atoms in total. The Morgan fingerprint density at radius 1 is 0.263 bits per heavy atom. The topological polar surface area (TPSA) is 482 Å². The summed E-state index contributed by atoms with van der Waals surface area (Å²) in [6.07, 6.45) is -3.23. The molecule has 0 aromatic heterocycles. The third-order valence-corrected chi connectivity index (χ3v) is 11.1. The zero-order valence-corrected chi connectivity index (χ0v) is 50.1. The van der Waals surface area contributed by atoms with Gasteiger partial charge >= 0.3 is 23.9 Å². The normalized spacial score (nSPS) is 8.66. The number of rotatable bonds is 6. The maximum atomic E-state index is 10.5. The number of aliphatic hydroxyl groups excluding tert-OH is 2. The molecule has 24 N–H and O–H groups in total. The summed E-state index contributed by atoms with van der Waals surface area (Å²) in [5, 5.41) is 71.7. The Kier molecular flexibility index (Phi) is 63.2. The molecule has 0 aliphatic rings. The van der Waals surface area contributed by atoms with Crippen molar-refractivity contribution in [3.8, 4) is 0 Å². The van der Waals surface area contributed by atoms with Gasteiger partial charge in [-0.3, -0.25) is 0 Å². The van der Waals surface area contributed by atoms with Crippen molar-refractivity contribution in [3.05, 3.63) is 203 Å². The zero-order valence-electron chi connectivity index (χ0n) is 36.9. The first kappa shape index (κ1) is 97.0. The molecule has 0 saturated carbocycles. The third kappa shape index (κ3) is 32.9. The van der Waals surface area contributed by atoms with E-state index in [2.05, 4.69) is 0 Å². The summed E-state index contributed by atoms with van der Waals surface area (Å²) in [4.78, 5) is 41.9. The number of carboxylic acids is 4. The number of carboxylic acid groups (broad SMARTS) is 4. The number of carbonyl (C=O) groups is 4. The molecular formula is C42H44Cl12Dy2O20. The van der Waals surface area contributed by atoms with Crippen LogP contribution in [0.1, 0.15) is 65.1 Å².